The van der Waals surface area contributed by atoms with E-state index in [2.05, 4.69) is 17.0 Å². The number of anilines is 2. The van der Waals surface area contributed by atoms with E-state index in [9.17, 15) is 0 Å². The molecule has 84 valence electrons. The second-order valence-electron chi connectivity index (χ2n) is 3.35. The van der Waals surface area contributed by atoms with Gasteiger partial charge in [-0.2, -0.15) is 0 Å². The predicted molar refractivity (Wildman–Crippen MR) is 73.2 cm³/mol. The number of hydrogen-bond acceptors (Lipinski definition) is 1. The molecule has 0 atom stereocenters. The molecule has 0 unspecified atom stereocenters. The van der Waals surface area contributed by atoms with Crippen LogP contribution in [0.15, 0.2) is 54.6 Å². The number of halogens is 2. The lowest BCUT2D eigenvalue weighted by atomic mass is 10.2. The van der Waals surface area contributed by atoms with Crippen molar-refractivity contribution in [3.63, 3.8) is 0 Å². The van der Waals surface area contributed by atoms with Crippen LogP contribution in [-0.2, 0) is 0 Å². The first-order valence-electron chi connectivity index (χ1n) is 4.82. The van der Waals surface area contributed by atoms with Crippen molar-refractivity contribution < 1.29 is 0 Å². The Bertz CT molecular complexity index is 443. The third kappa shape index (κ3) is 2.69. The smallest absolute Gasteiger partial charge is 0.0642 e. The zero-order valence-corrected chi connectivity index (χ0v) is 10.5. The van der Waals surface area contributed by atoms with Gasteiger partial charge in [-0.25, -0.2) is 0 Å². The molecule has 0 aromatic heterocycles. The van der Waals surface area contributed by atoms with E-state index in [0.717, 1.165) is 16.4 Å². The molecule has 0 saturated carbocycles. The molecule has 0 radical (unpaired) electrons. The molecule has 0 aliphatic rings. The van der Waals surface area contributed by atoms with Gasteiger partial charge in [-0.05, 0) is 24.3 Å². The first kappa shape index (κ1) is 12.9. The lowest BCUT2D eigenvalue weighted by Gasteiger charge is -2.20. The van der Waals surface area contributed by atoms with Crippen molar-refractivity contribution in [2.45, 2.75) is 0 Å². The Kier molecular flexibility index (Phi) is 4.66. The Labute approximate surface area is 107 Å². The van der Waals surface area contributed by atoms with Gasteiger partial charge in [0.05, 0.1) is 10.7 Å². The molecule has 0 amide bonds. The van der Waals surface area contributed by atoms with E-state index >= 15 is 0 Å². The van der Waals surface area contributed by atoms with Gasteiger partial charge >= 0.3 is 0 Å². The number of nitrogens with zero attached hydrogens (tertiary/aromatic N) is 1. The highest BCUT2D eigenvalue weighted by atomic mass is 35.5. The molecule has 0 spiro atoms. The minimum Gasteiger partial charge on any atom is -0.343 e. The molecule has 0 aliphatic heterocycles. The van der Waals surface area contributed by atoms with Crippen LogP contribution in [0.1, 0.15) is 0 Å². The maximum absolute atomic E-state index is 6.13. The number of rotatable bonds is 2. The zero-order valence-electron chi connectivity index (χ0n) is 8.93. The minimum absolute atomic E-state index is 0. The third-order valence-corrected chi connectivity index (χ3v) is 2.68. The quantitative estimate of drug-likeness (QED) is 0.761. The molecule has 2 aromatic carbocycles. The van der Waals surface area contributed by atoms with E-state index in [1.807, 2.05) is 49.5 Å². The summed E-state index contributed by atoms with van der Waals surface area (Å²) in [6, 6.07) is 18.0. The molecule has 2 rings (SSSR count). The Morgan fingerprint density at radius 3 is 2.06 bits per heavy atom. The topological polar surface area (TPSA) is 3.24 Å². The zero-order chi connectivity index (χ0) is 10.7. The highest BCUT2D eigenvalue weighted by Crippen LogP contribution is 2.29. The van der Waals surface area contributed by atoms with Gasteiger partial charge in [0, 0.05) is 12.7 Å². The SMILES string of the molecule is CN(c1ccccc1)c1ccccc1Cl.Cl. The van der Waals surface area contributed by atoms with Crippen LogP contribution >= 0.6 is 24.0 Å². The molecule has 0 fully saturated rings. The van der Waals surface area contributed by atoms with E-state index in [4.69, 9.17) is 11.6 Å². The molecule has 1 nitrogen and oxygen atoms in total. The summed E-state index contributed by atoms with van der Waals surface area (Å²) < 4.78 is 0. The van der Waals surface area contributed by atoms with Crippen molar-refractivity contribution >= 4 is 35.4 Å². The average molecular weight is 254 g/mol. The fourth-order valence-electron chi connectivity index (χ4n) is 1.51. The minimum atomic E-state index is 0. The first-order valence-corrected chi connectivity index (χ1v) is 5.20. The van der Waals surface area contributed by atoms with E-state index in [1.165, 1.54) is 0 Å². The van der Waals surface area contributed by atoms with Gasteiger partial charge in [0.25, 0.3) is 0 Å². The summed E-state index contributed by atoms with van der Waals surface area (Å²) >= 11 is 6.13. The molecule has 0 aliphatic carbocycles. The van der Waals surface area contributed by atoms with Crippen LogP contribution in [0.5, 0.6) is 0 Å². The molecular formula is C13H13Cl2N. The first-order chi connectivity index (χ1) is 7.29. The largest absolute Gasteiger partial charge is 0.343 e. The highest BCUT2D eigenvalue weighted by molar-refractivity contribution is 6.33. The molecule has 2 aromatic rings. The van der Waals surface area contributed by atoms with Gasteiger partial charge in [0.2, 0.25) is 0 Å². The molecule has 0 heterocycles. The second-order valence-corrected chi connectivity index (χ2v) is 3.75. The fraction of sp³-hybridized carbons (Fsp3) is 0.0769. The van der Waals surface area contributed by atoms with Crippen LogP contribution in [0.4, 0.5) is 11.4 Å². The Morgan fingerprint density at radius 2 is 1.44 bits per heavy atom. The number of para-hydroxylation sites is 2. The second kappa shape index (κ2) is 5.78. The monoisotopic (exact) mass is 253 g/mol. The summed E-state index contributed by atoms with van der Waals surface area (Å²) in [5.41, 5.74) is 2.15. The van der Waals surface area contributed by atoms with Crippen LogP contribution in [0.2, 0.25) is 5.02 Å². The van der Waals surface area contributed by atoms with Crippen molar-refractivity contribution in [2.75, 3.05) is 11.9 Å². The van der Waals surface area contributed by atoms with Crippen LogP contribution in [-0.4, -0.2) is 7.05 Å². The molecule has 0 N–H and O–H groups in total. The lowest BCUT2D eigenvalue weighted by Crippen LogP contribution is -2.09. The van der Waals surface area contributed by atoms with Gasteiger partial charge in [-0.3, -0.25) is 0 Å². The van der Waals surface area contributed by atoms with Gasteiger partial charge in [0.15, 0.2) is 0 Å². The summed E-state index contributed by atoms with van der Waals surface area (Å²) in [6.07, 6.45) is 0. The van der Waals surface area contributed by atoms with Gasteiger partial charge in [0.1, 0.15) is 0 Å². The molecule has 0 bridgehead atoms. The van der Waals surface area contributed by atoms with Crippen LogP contribution in [0.25, 0.3) is 0 Å². The van der Waals surface area contributed by atoms with Crippen molar-refractivity contribution in [3.05, 3.63) is 59.6 Å². The highest BCUT2D eigenvalue weighted by Gasteiger charge is 2.05. The summed E-state index contributed by atoms with van der Waals surface area (Å²) in [5, 5.41) is 0.767. The maximum Gasteiger partial charge on any atom is 0.0642 e. The molecule has 3 heteroatoms. The molecule has 0 saturated heterocycles. The van der Waals surface area contributed by atoms with Crippen molar-refractivity contribution in [2.24, 2.45) is 0 Å². The van der Waals surface area contributed by atoms with Crippen LogP contribution in [0, 0.1) is 0 Å². The summed E-state index contributed by atoms with van der Waals surface area (Å²) in [5.74, 6) is 0. The van der Waals surface area contributed by atoms with Crippen LogP contribution in [0.3, 0.4) is 0 Å². The van der Waals surface area contributed by atoms with E-state index in [0.29, 0.717) is 0 Å². The lowest BCUT2D eigenvalue weighted by molar-refractivity contribution is 1.21. The standard InChI is InChI=1S/C13H12ClN.ClH/c1-15(11-7-3-2-4-8-11)13-10-6-5-9-12(13)14;/h2-10H,1H3;1H. The molecular weight excluding hydrogens is 241 g/mol. The number of benzene rings is 2. The fourth-order valence-corrected chi connectivity index (χ4v) is 1.78. The number of hydrogen-bond donors (Lipinski definition) is 0. The van der Waals surface area contributed by atoms with Gasteiger partial charge in [-0.15, -0.1) is 12.4 Å². The van der Waals surface area contributed by atoms with Crippen LogP contribution < -0.4 is 4.90 Å². The van der Waals surface area contributed by atoms with E-state index < -0.39 is 0 Å². The Balaban J connectivity index is 0.00000128. The van der Waals surface area contributed by atoms with Gasteiger partial charge < -0.3 is 4.90 Å². The Morgan fingerprint density at radius 1 is 0.875 bits per heavy atom. The normalized spacial score (nSPS) is 9.38. The molecule has 16 heavy (non-hydrogen) atoms. The summed E-state index contributed by atoms with van der Waals surface area (Å²) in [4.78, 5) is 2.07. The summed E-state index contributed by atoms with van der Waals surface area (Å²) in [7, 11) is 2.01. The Hall–Kier alpha value is -1.18. The summed E-state index contributed by atoms with van der Waals surface area (Å²) in [6.45, 7) is 0. The van der Waals surface area contributed by atoms with Crippen molar-refractivity contribution in [1.82, 2.24) is 0 Å². The third-order valence-electron chi connectivity index (χ3n) is 2.36. The van der Waals surface area contributed by atoms with E-state index in [1.54, 1.807) is 0 Å². The van der Waals surface area contributed by atoms with Crippen molar-refractivity contribution in [1.29, 1.82) is 0 Å². The van der Waals surface area contributed by atoms with Gasteiger partial charge in [-0.1, -0.05) is 41.9 Å². The predicted octanol–water partition coefficient (Wildman–Crippen LogP) is 4.53. The van der Waals surface area contributed by atoms with Crippen molar-refractivity contribution in [3.8, 4) is 0 Å². The maximum atomic E-state index is 6.13. The average Bonchev–Trinajstić information content (AvgIpc) is 2.30. The van der Waals surface area contributed by atoms with E-state index in [-0.39, 0.29) is 12.4 Å².